The van der Waals surface area contributed by atoms with Crippen molar-refractivity contribution < 1.29 is 23.8 Å². The number of hydrogen-bond acceptors (Lipinski definition) is 7. The van der Waals surface area contributed by atoms with Gasteiger partial charge in [0.1, 0.15) is 12.4 Å². The van der Waals surface area contributed by atoms with Gasteiger partial charge < -0.3 is 19.0 Å². The summed E-state index contributed by atoms with van der Waals surface area (Å²) in [5.74, 6) is -1.49. The molecule has 2 aromatic rings. The minimum absolute atomic E-state index is 0.0112. The average Bonchev–Trinajstić information content (AvgIpc) is 2.95. The van der Waals surface area contributed by atoms with E-state index in [1.807, 2.05) is 0 Å². The molecule has 0 spiro atoms. The molecule has 1 atom stereocenters. The molecular weight excluding hydrogens is 304 g/mol. The van der Waals surface area contributed by atoms with Crippen molar-refractivity contribution in [1.82, 2.24) is 9.78 Å². The first-order valence-electron chi connectivity index (χ1n) is 6.86. The zero-order valence-corrected chi connectivity index (χ0v) is 13.1. The smallest absolute Gasteiger partial charge is 0.306 e. The van der Waals surface area contributed by atoms with E-state index in [1.165, 1.54) is 20.4 Å². The predicted octanol–water partition coefficient (Wildman–Crippen LogP) is 0.920. The second-order valence-corrected chi connectivity index (χ2v) is 5.00. The zero-order valence-electron chi connectivity index (χ0n) is 13.1. The summed E-state index contributed by atoms with van der Waals surface area (Å²) in [6.07, 6.45) is 3.11. The number of nitrogens with zero attached hydrogens (tertiary/aromatic N) is 2. The predicted molar refractivity (Wildman–Crippen MR) is 79.0 cm³/mol. The summed E-state index contributed by atoms with van der Waals surface area (Å²) in [6, 6.07) is 1.15. The number of esters is 1. The third-order valence-electron chi connectivity index (χ3n) is 3.33. The van der Waals surface area contributed by atoms with Gasteiger partial charge in [-0.2, -0.15) is 5.10 Å². The van der Waals surface area contributed by atoms with Crippen LogP contribution in [0.2, 0.25) is 0 Å². The highest BCUT2D eigenvalue weighted by atomic mass is 16.5. The molecule has 0 aliphatic rings. The summed E-state index contributed by atoms with van der Waals surface area (Å²) in [6.45, 7) is 0.0699. The summed E-state index contributed by atoms with van der Waals surface area (Å²) in [5.41, 5.74) is 0.0166. The van der Waals surface area contributed by atoms with Crippen molar-refractivity contribution in [2.45, 2.75) is 18.9 Å². The number of aromatic hydroxyl groups is 1. The summed E-state index contributed by atoms with van der Waals surface area (Å²) < 4.78 is 16.8. The van der Waals surface area contributed by atoms with Crippen molar-refractivity contribution in [1.29, 1.82) is 0 Å². The van der Waals surface area contributed by atoms with Crippen LogP contribution >= 0.6 is 0 Å². The molecule has 0 aliphatic heterocycles. The number of aryl methyl sites for hydroxylation is 1. The van der Waals surface area contributed by atoms with Gasteiger partial charge in [0, 0.05) is 32.0 Å². The first-order valence-corrected chi connectivity index (χ1v) is 6.86. The molecule has 0 unspecified atom stereocenters. The van der Waals surface area contributed by atoms with E-state index in [0.29, 0.717) is 5.56 Å². The van der Waals surface area contributed by atoms with Crippen molar-refractivity contribution in [3.05, 3.63) is 45.8 Å². The van der Waals surface area contributed by atoms with Crippen LogP contribution in [0.4, 0.5) is 0 Å². The fraction of sp³-hybridized carbons (Fsp3) is 0.400. The molecule has 0 saturated carbocycles. The monoisotopic (exact) mass is 322 g/mol. The van der Waals surface area contributed by atoms with Crippen molar-refractivity contribution in [3.8, 4) is 5.75 Å². The maximum atomic E-state index is 11.9. The number of hydrogen-bond donors (Lipinski definition) is 1. The van der Waals surface area contributed by atoms with E-state index >= 15 is 0 Å². The Kier molecular flexibility index (Phi) is 5.17. The fourth-order valence-corrected chi connectivity index (χ4v) is 2.24. The first kappa shape index (κ1) is 16.8. The van der Waals surface area contributed by atoms with Gasteiger partial charge in [0.25, 0.3) is 0 Å². The molecule has 23 heavy (non-hydrogen) atoms. The molecule has 2 aromatic heterocycles. The standard InChI is InChI=1S/C15H18N2O6/c1-17-7-9(6-16-17)11(5-13(19)22-3)15-14(20)12(18)4-10(23-15)8-21-2/h4,6-7,11,20H,5,8H2,1-3H3/t11-/m1/s1. The largest absolute Gasteiger partial charge is 0.502 e. The maximum absolute atomic E-state index is 11.9. The molecule has 0 fully saturated rings. The molecule has 8 nitrogen and oxygen atoms in total. The van der Waals surface area contributed by atoms with Gasteiger partial charge >= 0.3 is 5.97 Å². The van der Waals surface area contributed by atoms with Crippen LogP contribution < -0.4 is 5.43 Å². The number of aromatic nitrogens is 2. The van der Waals surface area contributed by atoms with Crippen LogP contribution in [0.5, 0.6) is 5.75 Å². The average molecular weight is 322 g/mol. The lowest BCUT2D eigenvalue weighted by Gasteiger charge is -2.15. The molecule has 8 heteroatoms. The Morgan fingerprint density at radius 2 is 2.22 bits per heavy atom. The minimum Gasteiger partial charge on any atom is -0.502 e. The van der Waals surface area contributed by atoms with Crippen LogP contribution in [0, 0.1) is 0 Å². The second-order valence-electron chi connectivity index (χ2n) is 5.00. The lowest BCUT2D eigenvalue weighted by Crippen LogP contribution is -2.14. The second kappa shape index (κ2) is 7.10. The molecule has 124 valence electrons. The van der Waals surface area contributed by atoms with E-state index in [1.54, 1.807) is 17.9 Å². The van der Waals surface area contributed by atoms with Crippen molar-refractivity contribution >= 4 is 5.97 Å². The highest BCUT2D eigenvalue weighted by molar-refractivity contribution is 5.71. The van der Waals surface area contributed by atoms with Crippen LogP contribution in [-0.2, 0) is 27.9 Å². The number of carbonyl (C=O) groups is 1. The van der Waals surface area contributed by atoms with Gasteiger partial charge in [-0.1, -0.05) is 0 Å². The molecule has 2 heterocycles. The third-order valence-corrected chi connectivity index (χ3v) is 3.33. The molecule has 2 rings (SSSR count). The van der Waals surface area contributed by atoms with E-state index in [2.05, 4.69) is 9.84 Å². The quantitative estimate of drug-likeness (QED) is 0.789. The van der Waals surface area contributed by atoms with Crippen molar-refractivity contribution in [2.24, 2.45) is 7.05 Å². The van der Waals surface area contributed by atoms with Gasteiger partial charge in [-0.3, -0.25) is 14.3 Å². The molecule has 0 bridgehead atoms. The van der Waals surface area contributed by atoms with Gasteiger partial charge in [0.2, 0.25) is 11.2 Å². The SMILES string of the molecule is COCc1cc(=O)c(O)c([C@H](CC(=O)OC)c2cnn(C)c2)o1. The number of ether oxygens (including phenoxy) is 2. The van der Waals surface area contributed by atoms with E-state index in [9.17, 15) is 14.7 Å². The number of rotatable bonds is 6. The van der Waals surface area contributed by atoms with E-state index < -0.39 is 23.1 Å². The Morgan fingerprint density at radius 3 is 2.78 bits per heavy atom. The minimum atomic E-state index is -0.694. The number of carbonyl (C=O) groups excluding carboxylic acids is 1. The Hall–Kier alpha value is -2.61. The van der Waals surface area contributed by atoms with Crippen LogP contribution in [-0.4, -0.2) is 35.1 Å². The summed E-state index contributed by atoms with van der Waals surface area (Å²) in [5, 5.41) is 14.1. The molecule has 0 amide bonds. The van der Waals surface area contributed by atoms with Gasteiger partial charge in [-0.05, 0) is 0 Å². The fourth-order valence-electron chi connectivity index (χ4n) is 2.24. The Labute approximate surface area is 132 Å². The maximum Gasteiger partial charge on any atom is 0.306 e. The lowest BCUT2D eigenvalue weighted by molar-refractivity contribution is -0.140. The zero-order chi connectivity index (χ0) is 17.0. The highest BCUT2D eigenvalue weighted by Crippen LogP contribution is 2.33. The number of methoxy groups -OCH3 is 2. The molecule has 0 radical (unpaired) electrons. The van der Waals surface area contributed by atoms with E-state index in [-0.39, 0.29) is 24.5 Å². The highest BCUT2D eigenvalue weighted by Gasteiger charge is 2.27. The van der Waals surface area contributed by atoms with Crippen molar-refractivity contribution in [2.75, 3.05) is 14.2 Å². The normalized spacial score (nSPS) is 12.1. The molecule has 0 aliphatic carbocycles. The third kappa shape index (κ3) is 3.78. The summed E-state index contributed by atoms with van der Waals surface area (Å²) >= 11 is 0. The van der Waals surface area contributed by atoms with Crippen molar-refractivity contribution in [3.63, 3.8) is 0 Å². The van der Waals surface area contributed by atoms with Gasteiger partial charge in [0.05, 0.1) is 25.6 Å². The Balaban J connectivity index is 2.54. The van der Waals surface area contributed by atoms with Gasteiger partial charge in [-0.15, -0.1) is 0 Å². The molecule has 1 N–H and O–H groups in total. The van der Waals surface area contributed by atoms with Gasteiger partial charge in [0.15, 0.2) is 5.76 Å². The molecular formula is C15H18N2O6. The first-order chi connectivity index (χ1) is 11.0. The van der Waals surface area contributed by atoms with Crippen LogP contribution in [0.15, 0.2) is 27.7 Å². The van der Waals surface area contributed by atoms with Crippen LogP contribution in [0.25, 0.3) is 0 Å². The van der Waals surface area contributed by atoms with Crippen LogP contribution in [0.1, 0.15) is 29.4 Å². The Morgan fingerprint density at radius 1 is 1.48 bits per heavy atom. The van der Waals surface area contributed by atoms with E-state index in [4.69, 9.17) is 9.15 Å². The van der Waals surface area contributed by atoms with E-state index in [0.717, 1.165) is 6.07 Å². The topological polar surface area (TPSA) is 104 Å². The summed E-state index contributed by atoms with van der Waals surface area (Å²) in [7, 11) is 4.44. The summed E-state index contributed by atoms with van der Waals surface area (Å²) in [4.78, 5) is 23.6. The van der Waals surface area contributed by atoms with Crippen LogP contribution in [0.3, 0.4) is 0 Å². The molecule has 0 aromatic carbocycles. The molecule has 0 saturated heterocycles. The van der Waals surface area contributed by atoms with Gasteiger partial charge in [-0.25, -0.2) is 0 Å². The lowest BCUT2D eigenvalue weighted by atomic mass is 9.95. The Bertz CT molecular complexity index is 749.